The number of amides is 1. The summed E-state index contributed by atoms with van der Waals surface area (Å²) in [6.07, 6.45) is 8.56. The van der Waals surface area contributed by atoms with E-state index in [1.165, 1.54) is 30.4 Å². The Morgan fingerprint density at radius 2 is 2.03 bits per heavy atom. The third-order valence-corrected chi connectivity index (χ3v) is 6.84. The number of pyridine rings is 2. The molecule has 5 heterocycles. The van der Waals surface area contributed by atoms with Crippen LogP contribution in [0.15, 0.2) is 67.4 Å². The third-order valence-electron chi connectivity index (χ3n) is 6.84. The number of ketones is 1. The maximum absolute atomic E-state index is 13.5. The molecule has 10 nitrogen and oxygen atoms in total. The third kappa shape index (κ3) is 3.91. The zero-order valence-electron chi connectivity index (χ0n) is 20.6. The van der Waals surface area contributed by atoms with E-state index >= 15 is 0 Å². The smallest absolute Gasteiger partial charge is 0.295 e. The van der Waals surface area contributed by atoms with Crippen LogP contribution >= 0.6 is 0 Å². The first-order chi connectivity index (χ1) is 18.6. The van der Waals surface area contributed by atoms with Gasteiger partial charge in [-0.15, -0.1) is 0 Å². The molecule has 0 atom stereocenters. The first-order valence-corrected chi connectivity index (χ1v) is 12.1. The normalized spacial score (nSPS) is 12.9. The highest BCUT2D eigenvalue weighted by Crippen LogP contribution is 2.33. The van der Waals surface area contributed by atoms with Crippen LogP contribution in [0.5, 0.6) is 5.75 Å². The van der Waals surface area contributed by atoms with Crippen molar-refractivity contribution in [2.24, 2.45) is 0 Å². The lowest BCUT2D eigenvalue weighted by Crippen LogP contribution is -2.40. The summed E-state index contributed by atoms with van der Waals surface area (Å²) in [5.74, 6) is -0.435. The van der Waals surface area contributed by atoms with E-state index in [1.54, 1.807) is 17.3 Å². The number of rotatable bonds is 6. The second-order valence-electron chi connectivity index (χ2n) is 9.02. The monoisotopic (exact) mass is 508 g/mol. The zero-order valence-corrected chi connectivity index (χ0v) is 20.6. The Hall–Kier alpha value is -4.83. The van der Waals surface area contributed by atoms with Crippen molar-refractivity contribution in [1.82, 2.24) is 29.6 Å². The van der Waals surface area contributed by atoms with Gasteiger partial charge in [-0.05, 0) is 29.7 Å². The van der Waals surface area contributed by atoms with Crippen molar-refractivity contribution in [2.75, 3.05) is 13.7 Å². The topological polar surface area (TPSA) is 126 Å². The van der Waals surface area contributed by atoms with Crippen molar-refractivity contribution >= 4 is 22.6 Å². The van der Waals surface area contributed by atoms with Crippen molar-refractivity contribution < 1.29 is 19.4 Å². The van der Waals surface area contributed by atoms with Gasteiger partial charge in [0.2, 0.25) is 0 Å². The van der Waals surface area contributed by atoms with E-state index in [2.05, 4.69) is 20.1 Å². The summed E-state index contributed by atoms with van der Waals surface area (Å²) in [4.78, 5) is 40.5. The molecule has 0 radical (unpaired) electrons. The molecule has 1 aliphatic rings. The van der Waals surface area contributed by atoms with E-state index in [4.69, 9.17) is 4.74 Å². The van der Waals surface area contributed by atoms with Gasteiger partial charge in [0, 0.05) is 42.8 Å². The minimum Gasteiger partial charge on any atom is -0.494 e. The first kappa shape index (κ1) is 23.6. The number of nitrogens with zero attached hydrogens (tertiary/aromatic N) is 5. The number of aromatic amines is 1. The minimum atomic E-state index is -0.632. The average molecular weight is 509 g/mol. The molecule has 2 N–H and O–H groups in total. The fourth-order valence-corrected chi connectivity index (χ4v) is 4.97. The quantitative estimate of drug-likeness (QED) is 0.267. The Balaban J connectivity index is 1.32. The number of H-pyrrole nitrogens is 1. The molecular formula is C28H24N6O4. The maximum atomic E-state index is 13.5. The molecule has 0 saturated heterocycles. The van der Waals surface area contributed by atoms with E-state index in [0.717, 1.165) is 22.4 Å². The van der Waals surface area contributed by atoms with Crippen molar-refractivity contribution in [1.29, 1.82) is 0 Å². The van der Waals surface area contributed by atoms with Crippen LogP contribution < -0.4 is 4.74 Å². The Bertz CT molecular complexity index is 1670. The van der Waals surface area contributed by atoms with E-state index in [0.29, 0.717) is 47.5 Å². The average Bonchev–Trinajstić information content (AvgIpc) is 3.64. The van der Waals surface area contributed by atoms with Crippen LogP contribution in [-0.2, 0) is 24.4 Å². The van der Waals surface area contributed by atoms with Gasteiger partial charge in [0.15, 0.2) is 5.82 Å². The Morgan fingerprint density at radius 1 is 1.13 bits per heavy atom. The number of aliphatic hydroxyl groups is 1. The van der Waals surface area contributed by atoms with Crippen LogP contribution in [0.1, 0.15) is 27.0 Å². The van der Waals surface area contributed by atoms with E-state index in [9.17, 15) is 14.7 Å². The number of hydrogen-bond donors (Lipinski definition) is 2. The van der Waals surface area contributed by atoms with Crippen molar-refractivity contribution in [3.8, 4) is 22.8 Å². The van der Waals surface area contributed by atoms with Gasteiger partial charge in [0.25, 0.3) is 11.7 Å². The fraction of sp³-hybridized carbons (Fsp3) is 0.179. The number of aliphatic hydroxyl groups excluding tert-OH is 1. The molecule has 1 aromatic carbocycles. The molecule has 10 heteroatoms. The summed E-state index contributed by atoms with van der Waals surface area (Å²) >= 11 is 0. The molecular weight excluding hydrogens is 484 g/mol. The van der Waals surface area contributed by atoms with Crippen LogP contribution in [0.4, 0.5) is 0 Å². The van der Waals surface area contributed by atoms with Gasteiger partial charge in [-0.2, -0.15) is 5.10 Å². The number of carbonyl (C=O) groups is 2. The molecule has 0 bridgehead atoms. The number of benzene rings is 1. The molecule has 6 rings (SSSR count). The summed E-state index contributed by atoms with van der Waals surface area (Å²) in [7, 11) is 1.48. The molecule has 1 aliphatic heterocycles. The summed E-state index contributed by atoms with van der Waals surface area (Å²) in [5.41, 5.74) is 5.40. The molecule has 0 aliphatic carbocycles. The van der Waals surface area contributed by atoms with Crippen LogP contribution in [0.3, 0.4) is 0 Å². The molecule has 0 spiro atoms. The van der Waals surface area contributed by atoms with E-state index in [1.807, 2.05) is 36.4 Å². The summed E-state index contributed by atoms with van der Waals surface area (Å²) in [6.45, 7) is 0.597. The van der Waals surface area contributed by atoms with Crippen LogP contribution in [0, 0.1) is 0 Å². The van der Waals surface area contributed by atoms with Gasteiger partial charge < -0.3 is 19.7 Å². The standard InChI is InChI=1S/C28H24N6O4/c1-38-23-13-31-27(34-14-17(16-35)11-32-34)25-24(23)21(12-30-25)26(36)28(37)33-10-8-19-18(15-33)5-4-6-20(19)22-7-2-3-9-29-22/h2-7,9,11-14,30,35H,8,10,15-16H2,1H3. The van der Waals surface area contributed by atoms with Crippen molar-refractivity contribution in [3.63, 3.8) is 0 Å². The second kappa shape index (κ2) is 9.56. The lowest BCUT2D eigenvalue weighted by atomic mass is 9.92. The fourth-order valence-electron chi connectivity index (χ4n) is 4.97. The molecule has 5 aromatic rings. The Labute approximate surface area is 217 Å². The van der Waals surface area contributed by atoms with Gasteiger partial charge in [-0.1, -0.05) is 24.3 Å². The number of carbonyl (C=O) groups excluding carboxylic acids is 2. The number of aromatic nitrogens is 5. The summed E-state index contributed by atoms with van der Waals surface area (Å²) in [6, 6.07) is 11.8. The summed E-state index contributed by atoms with van der Waals surface area (Å²) < 4.78 is 6.99. The zero-order chi connectivity index (χ0) is 26.2. The van der Waals surface area contributed by atoms with Gasteiger partial charge in [0.05, 0.1) is 48.3 Å². The lowest BCUT2D eigenvalue weighted by Gasteiger charge is -2.29. The molecule has 38 heavy (non-hydrogen) atoms. The summed E-state index contributed by atoms with van der Waals surface area (Å²) in [5, 5.41) is 14.1. The number of hydrogen-bond acceptors (Lipinski definition) is 7. The molecule has 4 aromatic heterocycles. The Morgan fingerprint density at radius 3 is 2.79 bits per heavy atom. The SMILES string of the molecule is COc1cnc(-n2cc(CO)cn2)c2[nH]cc(C(=O)C(=O)N3CCc4c(cccc4-c4ccccn4)C3)c12. The van der Waals surface area contributed by atoms with Gasteiger partial charge in [-0.25, -0.2) is 9.67 Å². The second-order valence-corrected chi connectivity index (χ2v) is 9.02. The van der Waals surface area contributed by atoms with Gasteiger partial charge in [-0.3, -0.25) is 14.6 Å². The number of Topliss-reactive ketones (excluding diaryl/α,β-unsaturated/α-hetero) is 1. The Kier molecular flexibility index (Phi) is 5.93. The van der Waals surface area contributed by atoms with Crippen molar-refractivity contribution in [2.45, 2.75) is 19.6 Å². The minimum absolute atomic E-state index is 0.162. The molecule has 0 unspecified atom stereocenters. The molecule has 1 amide bonds. The molecule has 0 saturated carbocycles. The number of fused-ring (bicyclic) bond motifs is 2. The predicted octanol–water partition coefficient (Wildman–Crippen LogP) is 3.08. The van der Waals surface area contributed by atoms with Crippen LogP contribution in [0.2, 0.25) is 0 Å². The van der Waals surface area contributed by atoms with Crippen LogP contribution in [-0.4, -0.2) is 60.1 Å². The highest BCUT2D eigenvalue weighted by Gasteiger charge is 2.31. The maximum Gasteiger partial charge on any atom is 0.295 e. The van der Waals surface area contributed by atoms with E-state index in [-0.39, 0.29) is 12.2 Å². The van der Waals surface area contributed by atoms with Crippen LogP contribution in [0.25, 0.3) is 28.0 Å². The van der Waals surface area contributed by atoms with Gasteiger partial charge >= 0.3 is 0 Å². The number of ether oxygens (including phenoxy) is 1. The van der Waals surface area contributed by atoms with Crippen molar-refractivity contribution in [3.05, 3.63) is 89.6 Å². The number of methoxy groups -OCH3 is 1. The highest BCUT2D eigenvalue weighted by molar-refractivity contribution is 6.45. The molecule has 0 fully saturated rings. The molecule has 190 valence electrons. The number of nitrogens with one attached hydrogen (secondary N) is 1. The predicted molar refractivity (Wildman–Crippen MR) is 139 cm³/mol. The van der Waals surface area contributed by atoms with Gasteiger partial charge in [0.1, 0.15) is 5.75 Å². The van der Waals surface area contributed by atoms with E-state index < -0.39 is 11.7 Å². The lowest BCUT2D eigenvalue weighted by molar-refractivity contribution is -0.127. The first-order valence-electron chi connectivity index (χ1n) is 12.1. The highest BCUT2D eigenvalue weighted by atomic mass is 16.5. The largest absolute Gasteiger partial charge is 0.494 e.